The molecule has 1 aliphatic heterocycles. The lowest BCUT2D eigenvalue weighted by molar-refractivity contribution is -0.139. The molecule has 11 nitrogen and oxygen atoms in total. The first kappa shape index (κ1) is 28.2. The van der Waals surface area contributed by atoms with Crippen molar-refractivity contribution in [3.05, 3.63) is 22.8 Å². The molecule has 1 heterocycles. The van der Waals surface area contributed by atoms with Crippen molar-refractivity contribution in [2.24, 2.45) is 4.99 Å². The molecule has 2 rings (SSSR count). The number of methoxy groups -OCH3 is 1. The average molecular weight is 513 g/mol. The van der Waals surface area contributed by atoms with Crippen LogP contribution in [-0.2, 0) is 19.6 Å². The zero-order valence-electron chi connectivity index (χ0n) is 21.3. The van der Waals surface area contributed by atoms with Gasteiger partial charge in [-0.15, -0.1) is 0 Å². The summed E-state index contributed by atoms with van der Waals surface area (Å²) in [5.74, 6) is -0.470. The predicted octanol–water partition coefficient (Wildman–Crippen LogP) is 2.37. The molecule has 1 aromatic carbocycles. The Morgan fingerprint density at radius 2 is 1.91 bits per heavy atom. The summed E-state index contributed by atoms with van der Waals surface area (Å²) in [6.45, 7) is 10.6. The van der Waals surface area contributed by atoms with Gasteiger partial charge in [-0.3, -0.25) is 4.99 Å². The number of nitrogens with zero attached hydrogens (tertiary/aromatic N) is 1. The molecule has 0 spiro atoms. The van der Waals surface area contributed by atoms with Crippen molar-refractivity contribution in [2.75, 3.05) is 13.7 Å². The first-order valence-corrected chi connectivity index (χ1v) is 12.8. The Balaban J connectivity index is 2.06. The van der Waals surface area contributed by atoms with Gasteiger partial charge in [0.05, 0.1) is 12.0 Å². The molecule has 12 heteroatoms. The highest BCUT2D eigenvalue weighted by molar-refractivity contribution is 7.90. The number of benzene rings is 1. The molecule has 196 valence electrons. The Bertz CT molecular complexity index is 1090. The number of aliphatic imine (C=N–C) groups is 1. The van der Waals surface area contributed by atoms with E-state index < -0.39 is 33.7 Å². The summed E-state index contributed by atoms with van der Waals surface area (Å²) in [5.41, 5.74) is 1.11. The maximum Gasteiger partial charge on any atom is 0.408 e. The zero-order valence-corrected chi connectivity index (χ0v) is 22.1. The van der Waals surface area contributed by atoms with Crippen LogP contribution in [0.3, 0.4) is 0 Å². The molecular formula is C23H36N4O7S. The molecule has 0 saturated carbocycles. The number of alkyl carbamates (subject to hydrolysis) is 1. The highest BCUT2D eigenvalue weighted by Crippen LogP contribution is 2.30. The lowest BCUT2D eigenvalue weighted by atomic mass is 10.0. The van der Waals surface area contributed by atoms with Gasteiger partial charge < -0.3 is 25.2 Å². The van der Waals surface area contributed by atoms with E-state index in [-0.39, 0.29) is 23.3 Å². The molecule has 0 aliphatic carbocycles. The van der Waals surface area contributed by atoms with Gasteiger partial charge in [0.15, 0.2) is 0 Å². The smallest absolute Gasteiger partial charge is 0.408 e. The van der Waals surface area contributed by atoms with E-state index in [9.17, 15) is 23.1 Å². The van der Waals surface area contributed by atoms with Gasteiger partial charge in [0.25, 0.3) is 10.0 Å². The minimum absolute atomic E-state index is 0.0977. The summed E-state index contributed by atoms with van der Waals surface area (Å²) in [4.78, 5) is 28.0. The van der Waals surface area contributed by atoms with E-state index in [2.05, 4.69) is 20.3 Å². The molecule has 0 fully saturated rings. The molecule has 1 aliphatic rings. The Morgan fingerprint density at radius 1 is 1.26 bits per heavy atom. The topological polar surface area (TPSA) is 155 Å². The maximum absolute atomic E-state index is 13.2. The standard InChI is InChI=1S/C23H36N4O7S/c1-13-12-18(33-7)14(2)15(3)19(13)35(31,32)27-21-24-11-10-16(25-21)8-9-17(20(28)29)26-22(30)34-23(4,5)6/h12,16-17H,8-11H2,1-7H3,(H,26,30)(H,28,29)(H2,24,25,27)/t16?,17-/m0/s1. The van der Waals surface area contributed by atoms with E-state index in [4.69, 9.17) is 9.47 Å². The lowest BCUT2D eigenvalue weighted by Crippen LogP contribution is -2.50. The van der Waals surface area contributed by atoms with Gasteiger partial charge in [-0.25, -0.2) is 22.7 Å². The molecule has 1 amide bonds. The van der Waals surface area contributed by atoms with Crippen molar-refractivity contribution < 1.29 is 32.6 Å². The number of ether oxygens (including phenoxy) is 2. The number of nitrogens with one attached hydrogen (secondary N) is 3. The quantitative estimate of drug-likeness (QED) is 0.414. The van der Waals surface area contributed by atoms with E-state index in [1.165, 1.54) is 7.11 Å². The second kappa shape index (κ2) is 11.1. The molecule has 0 aromatic heterocycles. The molecule has 0 saturated heterocycles. The summed E-state index contributed by atoms with van der Waals surface area (Å²) in [7, 11) is -2.40. The molecule has 0 bridgehead atoms. The fourth-order valence-electron chi connectivity index (χ4n) is 3.82. The van der Waals surface area contributed by atoms with Crippen LogP contribution < -0.4 is 20.1 Å². The third kappa shape index (κ3) is 7.74. The van der Waals surface area contributed by atoms with Crippen LogP contribution >= 0.6 is 0 Å². The second-order valence-electron chi connectivity index (χ2n) is 9.56. The Morgan fingerprint density at radius 3 is 2.49 bits per heavy atom. The SMILES string of the molecule is COc1cc(C)c(S(=O)(=O)NC2=NCCC(CC[C@H](NC(=O)OC(C)(C)C)C(=O)O)N2)c(C)c1C. The molecule has 0 radical (unpaired) electrons. The Hall–Kier alpha value is -3.02. The highest BCUT2D eigenvalue weighted by Gasteiger charge is 2.28. The molecular weight excluding hydrogens is 476 g/mol. The van der Waals surface area contributed by atoms with E-state index in [0.717, 1.165) is 5.56 Å². The number of carboxylic acids is 1. The number of sulfonamides is 1. The van der Waals surface area contributed by atoms with Crippen molar-refractivity contribution >= 4 is 28.0 Å². The Kier molecular flexibility index (Phi) is 8.99. The number of aliphatic carboxylic acids is 1. The normalized spacial score (nSPS) is 17.0. The summed E-state index contributed by atoms with van der Waals surface area (Å²) >= 11 is 0. The first-order valence-electron chi connectivity index (χ1n) is 11.4. The van der Waals surface area contributed by atoms with Crippen molar-refractivity contribution in [3.8, 4) is 5.75 Å². The van der Waals surface area contributed by atoms with Crippen LogP contribution in [0.25, 0.3) is 0 Å². The van der Waals surface area contributed by atoms with Gasteiger partial charge >= 0.3 is 12.1 Å². The number of carbonyl (C=O) groups is 2. The number of carbonyl (C=O) groups excluding carboxylic acids is 1. The first-order chi connectivity index (χ1) is 16.1. The van der Waals surface area contributed by atoms with Crippen LogP contribution in [0.2, 0.25) is 0 Å². The van der Waals surface area contributed by atoms with E-state index in [1.807, 2.05) is 0 Å². The zero-order chi connectivity index (χ0) is 26.6. The van der Waals surface area contributed by atoms with Gasteiger partial charge in [-0.1, -0.05) is 0 Å². The number of hydrogen-bond donors (Lipinski definition) is 4. The summed E-state index contributed by atoms with van der Waals surface area (Å²) in [5, 5.41) is 14.9. The monoisotopic (exact) mass is 512 g/mol. The lowest BCUT2D eigenvalue weighted by Gasteiger charge is -2.27. The number of rotatable bonds is 8. The van der Waals surface area contributed by atoms with Crippen LogP contribution in [0, 0.1) is 20.8 Å². The maximum atomic E-state index is 13.2. The third-order valence-corrected chi connectivity index (χ3v) is 7.21. The predicted molar refractivity (Wildman–Crippen MR) is 131 cm³/mol. The summed E-state index contributed by atoms with van der Waals surface area (Å²) < 4.78 is 39.3. The van der Waals surface area contributed by atoms with Crippen LogP contribution in [0.4, 0.5) is 4.79 Å². The van der Waals surface area contributed by atoms with Crippen LogP contribution in [-0.4, -0.2) is 62.9 Å². The van der Waals surface area contributed by atoms with Gasteiger partial charge in [-0.05, 0) is 83.6 Å². The van der Waals surface area contributed by atoms with Crippen LogP contribution in [0.15, 0.2) is 16.0 Å². The van der Waals surface area contributed by atoms with E-state index >= 15 is 0 Å². The minimum atomic E-state index is -3.94. The van der Waals surface area contributed by atoms with Gasteiger partial charge in [0.1, 0.15) is 17.4 Å². The van der Waals surface area contributed by atoms with E-state index in [0.29, 0.717) is 36.3 Å². The molecule has 1 unspecified atom stereocenters. The summed E-state index contributed by atoms with van der Waals surface area (Å²) in [6, 6.07) is 0.310. The Labute approximate surface area is 206 Å². The van der Waals surface area contributed by atoms with E-state index in [1.54, 1.807) is 47.6 Å². The number of carboxylic acid groups (broad SMARTS) is 1. The van der Waals surface area contributed by atoms with Crippen molar-refractivity contribution in [3.63, 3.8) is 0 Å². The number of aryl methyl sites for hydroxylation is 1. The molecule has 2 atom stereocenters. The summed E-state index contributed by atoms with van der Waals surface area (Å²) in [6.07, 6.45) is 0.274. The third-order valence-electron chi connectivity index (χ3n) is 5.58. The van der Waals surface area contributed by atoms with Crippen molar-refractivity contribution in [2.45, 2.75) is 83.4 Å². The molecule has 35 heavy (non-hydrogen) atoms. The van der Waals surface area contributed by atoms with Crippen LogP contribution in [0.1, 0.15) is 56.7 Å². The van der Waals surface area contributed by atoms with Crippen molar-refractivity contribution in [1.82, 2.24) is 15.4 Å². The largest absolute Gasteiger partial charge is 0.496 e. The highest BCUT2D eigenvalue weighted by atomic mass is 32.2. The number of guanidine groups is 1. The van der Waals surface area contributed by atoms with Crippen LogP contribution in [0.5, 0.6) is 5.75 Å². The second-order valence-corrected chi connectivity index (χ2v) is 11.2. The average Bonchev–Trinajstić information content (AvgIpc) is 2.72. The van der Waals surface area contributed by atoms with Gasteiger partial charge in [-0.2, -0.15) is 0 Å². The van der Waals surface area contributed by atoms with Gasteiger partial charge in [0, 0.05) is 12.6 Å². The number of amides is 1. The van der Waals surface area contributed by atoms with Gasteiger partial charge in [0.2, 0.25) is 5.96 Å². The fourth-order valence-corrected chi connectivity index (χ4v) is 5.34. The fraction of sp³-hybridized carbons (Fsp3) is 0.609. The molecule has 4 N–H and O–H groups in total. The number of hydrogen-bond acceptors (Lipinski definition) is 8. The van der Waals surface area contributed by atoms with Crippen molar-refractivity contribution in [1.29, 1.82) is 0 Å². The molecule has 1 aromatic rings. The minimum Gasteiger partial charge on any atom is -0.496 e.